The predicted molar refractivity (Wildman–Crippen MR) is 125 cm³/mol. The standard InChI is InChI=1S/C25H25N3O2S/c1-16-6-8-18(9-7-16)24(30)28-13-12-20-14-19(10-11-22(20)28)21-15-31-25(26-21)27-23(29)17-4-2-3-5-17/h6-11,14-15,17H,2-5,12-13H2,1H3,(H,26,27,29). The Morgan fingerprint density at radius 3 is 2.65 bits per heavy atom. The molecule has 0 spiro atoms. The maximum absolute atomic E-state index is 13.0. The zero-order valence-electron chi connectivity index (χ0n) is 17.6. The predicted octanol–water partition coefficient (Wildman–Crippen LogP) is 5.45. The van der Waals surface area contributed by atoms with E-state index in [1.54, 1.807) is 0 Å². The Balaban J connectivity index is 1.32. The lowest BCUT2D eigenvalue weighted by molar-refractivity contribution is -0.119. The Morgan fingerprint density at radius 1 is 1.10 bits per heavy atom. The van der Waals surface area contributed by atoms with Gasteiger partial charge in [0.15, 0.2) is 5.13 Å². The lowest BCUT2D eigenvalue weighted by Gasteiger charge is -2.17. The zero-order valence-corrected chi connectivity index (χ0v) is 18.4. The maximum atomic E-state index is 13.0. The highest BCUT2D eigenvalue weighted by Gasteiger charge is 2.26. The summed E-state index contributed by atoms with van der Waals surface area (Å²) in [5.41, 5.74) is 5.86. The molecule has 1 saturated carbocycles. The Kier molecular flexibility index (Phi) is 5.32. The number of carbonyl (C=O) groups is 2. The van der Waals surface area contributed by atoms with Gasteiger partial charge in [0.2, 0.25) is 5.91 Å². The van der Waals surface area contributed by atoms with Gasteiger partial charge in [-0.2, -0.15) is 0 Å². The number of fused-ring (bicyclic) bond motifs is 1. The number of nitrogens with zero attached hydrogens (tertiary/aromatic N) is 2. The second-order valence-corrected chi connectivity index (χ2v) is 9.28. The summed E-state index contributed by atoms with van der Waals surface area (Å²) in [5.74, 6) is 0.263. The van der Waals surface area contributed by atoms with Crippen molar-refractivity contribution in [3.63, 3.8) is 0 Å². The van der Waals surface area contributed by atoms with E-state index in [9.17, 15) is 9.59 Å². The van der Waals surface area contributed by atoms with Crippen LogP contribution in [0.15, 0.2) is 47.8 Å². The molecule has 31 heavy (non-hydrogen) atoms. The SMILES string of the molecule is Cc1ccc(C(=O)N2CCc3cc(-c4csc(NC(=O)C5CCCC5)n4)ccc32)cc1. The fourth-order valence-corrected chi connectivity index (χ4v) is 5.21. The third-order valence-corrected chi connectivity index (χ3v) is 7.03. The highest BCUT2D eigenvalue weighted by Crippen LogP contribution is 2.34. The van der Waals surface area contributed by atoms with Gasteiger partial charge in [-0.3, -0.25) is 9.59 Å². The van der Waals surface area contributed by atoms with Crippen LogP contribution in [-0.2, 0) is 11.2 Å². The zero-order chi connectivity index (χ0) is 21.4. The maximum Gasteiger partial charge on any atom is 0.258 e. The molecule has 5 nitrogen and oxygen atoms in total. The number of nitrogens with one attached hydrogen (secondary N) is 1. The summed E-state index contributed by atoms with van der Waals surface area (Å²) >= 11 is 1.46. The summed E-state index contributed by atoms with van der Waals surface area (Å²) < 4.78 is 0. The van der Waals surface area contributed by atoms with Crippen LogP contribution in [0.3, 0.4) is 0 Å². The van der Waals surface area contributed by atoms with Crippen LogP contribution in [-0.4, -0.2) is 23.3 Å². The molecule has 158 valence electrons. The van der Waals surface area contributed by atoms with Gasteiger partial charge in [-0.05, 0) is 56.0 Å². The van der Waals surface area contributed by atoms with Gasteiger partial charge in [-0.25, -0.2) is 4.98 Å². The Morgan fingerprint density at radius 2 is 1.87 bits per heavy atom. The minimum Gasteiger partial charge on any atom is -0.308 e. The Bertz CT molecular complexity index is 1130. The molecular weight excluding hydrogens is 406 g/mol. The summed E-state index contributed by atoms with van der Waals surface area (Å²) in [6.45, 7) is 2.70. The topological polar surface area (TPSA) is 62.3 Å². The van der Waals surface area contributed by atoms with Crippen LogP contribution in [0.1, 0.15) is 47.2 Å². The average molecular weight is 432 g/mol. The van der Waals surface area contributed by atoms with E-state index in [-0.39, 0.29) is 17.7 Å². The van der Waals surface area contributed by atoms with Crippen molar-refractivity contribution in [1.82, 2.24) is 4.98 Å². The van der Waals surface area contributed by atoms with Gasteiger partial charge in [0.25, 0.3) is 5.91 Å². The lowest BCUT2D eigenvalue weighted by Crippen LogP contribution is -2.28. The van der Waals surface area contributed by atoms with Crippen molar-refractivity contribution in [3.05, 3.63) is 64.5 Å². The third-order valence-electron chi connectivity index (χ3n) is 6.27. The van der Waals surface area contributed by atoms with Gasteiger partial charge in [-0.1, -0.05) is 36.6 Å². The van der Waals surface area contributed by atoms with Crippen LogP contribution in [0, 0.1) is 12.8 Å². The molecule has 1 aliphatic heterocycles. The van der Waals surface area contributed by atoms with Crippen LogP contribution < -0.4 is 10.2 Å². The molecule has 0 saturated heterocycles. The van der Waals surface area contributed by atoms with Crippen LogP contribution in [0.5, 0.6) is 0 Å². The van der Waals surface area contributed by atoms with Crippen LogP contribution in [0.4, 0.5) is 10.8 Å². The van der Waals surface area contributed by atoms with Crippen molar-refractivity contribution in [2.24, 2.45) is 5.92 Å². The van der Waals surface area contributed by atoms with E-state index in [4.69, 9.17) is 0 Å². The average Bonchev–Trinajstić information content (AvgIpc) is 3.54. The molecule has 0 atom stereocenters. The van der Waals surface area contributed by atoms with Crippen LogP contribution in [0.25, 0.3) is 11.3 Å². The Labute approximate surface area is 186 Å². The number of aryl methyl sites for hydroxylation is 1. The van der Waals surface area contributed by atoms with Crippen molar-refractivity contribution in [2.45, 2.75) is 39.0 Å². The third kappa shape index (κ3) is 4.00. The number of carbonyl (C=O) groups excluding carboxylic acids is 2. The largest absolute Gasteiger partial charge is 0.308 e. The number of aromatic nitrogens is 1. The number of hydrogen-bond acceptors (Lipinski definition) is 4. The van der Waals surface area contributed by atoms with Crippen molar-refractivity contribution in [2.75, 3.05) is 16.8 Å². The smallest absolute Gasteiger partial charge is 0.258 e. The van der Waals surface area contributed by atoms with E-state index in [1.165, 1.54) is 11.3 Å². The molecular formula is C25H25N3O2S. The molecule has 1 aromatic heterocycles. The van der Waals surface area contributed by atoms with E-state index in [1.807, 2.05) is 53.6 Å². The van der Waals surface area contributed by atoms with E-state index in [2.05, 4.69) is 16.4 Å². The minimum atomic E-state index is 0.0390. The van der Waals surface area contributed by atoms with Gasteiger partial charge < -0.3 is 10.2 Å². The lowest BCUT2D eigenvalue weighted by atomic mass is 10.1. The number of hydrogen-bond donors (Lipinski definition) is 1. The number of amides is 2. The normalized spacial score (nSPS) is 15.8. The van der Waals surface area contributed by atoms with Gasteiger partial charge in [0.05, 0.1) is 5.69 Å². The molecule has 1 aliphatic carbocycles. The van der Waals surface area contributed by atoms with E-state index in [0.717, 1.165) is 60.2 Å². The van der Waals surface area contributed by atoms with Gasteiger partial charge in [0.1, 0.15) is 0 Å². The fourth-order valence-electron chi connectivity index (χ4n) is 4.48. The molecule has 1 N–H and O–H groups in total. The second-order valence-electron chi connectivity index (χ2n) is 8.42. The monoisotopic (exact) mass is 431 g/mol. The summed E-state index contributed by atoms with van der Waals surface area (Å²) in [6.07, 6.45) is 5.06. The van der Waals surface area contributed by atoms with Crippen molar-refractivity contribution >= 4 is 34.0 Å². The molecule has 1 fully saturated rings. The minimum absolute atomic E-state index is 0.0390. The molecule has 0 unspecified atom stereocenters. The fraction of sp³-hybridized carbons (Fsp3) is 0.320. The molecule has 2 aliphatic rings. The first kappa shape index (κ1) is 19.9. The summed E-state index contributed by atoms with van der Waals surface area (Å²) in [4.78, 5) is 31.8. The number of thiazole rings is 1. The van der Waals surface area contributed by atoms with Crippen molar-refractivity contribution in [1.29, 1.82) is 0 Å². The summed E-state index contributed by atoms with van der Waals surface area (Å²) in [6, 6.07) is 13.9. The van der Waals surface area contributed by atoms with Crippen molar-refractivity contribution in [3.8, 4) is 11.3 Å². The molecule has 0 bridgehead atoms. The number of anilines is 2. The number of rotatable bonds is 4. The molecule has 3 aromatic rings. The summed E-state index contributed by atoms with van der Waals surface area (Å²) in [7, 11) is 0. The highest BCUT2D eigenvalue weighted by atomic mass is 32.1. The molecule has 0 radical (unpaired) electrons. The van der Waals surface area contributed by atoms with E-state index in [0.29, 0.717) is 17.2 Å². The van der Waals surface area contributed by atoms with Gasteiger partial charge >= 0.3 is 0 Å². The van der Waals surface area contributed by atoms with Crippen molar-refractivity contribution < 1.29 is 9.59 Å². The van der Waals surface area contributed by atoms with Crippen LogP contribution >= 0.6 is 11.3 Å². The number of benzene rings is 2. The first-order chi connectivity index (χ1) is 15.1. The van der Waals surface area contributed by atoms with Crippen LogP contribution in [0.2, 0.25) is 0 Å². The Hall–Kier alpha value is -2.99. The first-order valence-corrected chi connectivity index (χ1v) is 11.7. The quantitative estimate of drug-likeness (QED) is 0.597. The second kappa shape index (κ2) is 8.27. The highest BCUT2D eigenvalue weighted by molar-refractivity contribution is 7.14. The molecule has 2 amide bonds. The van der Waals surface area contributed by atoms with Gasteiger partial charge in [0, 0.05) is 34.7 Å². The van der Waals surface area contributed by atoms with Gasteiger partial charge in [-0.15, -0.1) is 11.3 Å². The van der Waals surface area contributed by atoms with E-state index >= 15 is 0 Å². The molecule has 2 aromatic carbocycles. The summed E-state index contributed by atoms with van der Waals surface area (Å²) in [5, 5.41) is 5.62. The van der Waals surface area contributed by atoms with E-state index < -0.39 is 0 Å². The first-order valence-electron chi connectivity index (χ1n) is 10.9. The molecule has 2 heterocycles. The molecule has 6 heteroatoms. The molecule has 5 rings (SSSR count).